The molecule has 0 aliphatic carbocycles. The summed E-state index contributed by atoms with van der Waals surface area (Å²) in [5, 5.41) is 4.35. The number of carbonyl (C=O) groups excluding carboxylic acids is 1. The Morgan fingerprint density at radius 3 is 2.67 bits per heavy atom. The Bertz CT molecular complexity index is 677. The molecular weight excluding hydrogens is 377 g/mol. The van der Waals surface area contributed by atoms with Gasteiger partial charge < -0.3 is 10.1 Å². The fourth-order valence-electron chi connectivity index (χ4n) is 1.80. The number of esters is 1. The second kappa shape index (κ2) is 7.16. The van der Waals surface area contributed by atoms with Crippen LogP contribution in [0.3, 0.4) is 0 Å². The van der Waals surface area contributed by atoms with Gasteiger partial charge in [0, 0.05) is 16.0 Å². The second-order valence-electron chi connectivity index (χ2n) is 4.28. The molecule has 0 bridgehead atoms. The molecule has 0 heterocycles. The van der Waals surface area contributed by atoms with Gasteiger partial charge in [-0.25, -0.2) is 4.79 Å². The van der Waals surface area contributed by atoms with Crippen molar-refractivity contribution in [3.63, 3.8) is 0 Å². The molecular formula is C15H12BrCl2NO2. The zero-order valence-corrected chi connectivity index (χ0v) is 14.2. The molecule has 0 fully saturated rings. The largest absolute Gasteiger partial charge is 0.465 e. The summed E-state index contributed by atoms with van der Waals surface area (Å²) in [5.41, 5.74) is 2.04. The molecule has 0 aromatic heterocycles. The fourth-order valence-corrected chi connectivity index (χ4v) is 2.42. The predicted molar refractivity (Wildman–Crippen MR) is 89.3 cm³/mol. The number of nitrogens with one attached hydrogen (secondary N) is 1. The van der Waals surface area contributed by atoms with E-state index in [0.29, 0.717) is 27.8 Å². The molecule has 6 heteroatoms. The van der Waals surface area contributed by atoms with Gasteiger partial charge in [-0.15, -0.1) is 0 Å². The average Bonchev–Trinajstić information content (AvgIpc) is 2.48. The predicted octanol–water partition coefficient (Wildman–Crippen LogP) is 5.15. The molecule has 2 aromatic rings. The average molecular weight is 389 g/mol. The monoisotopic (exact) mass is 387 g/mol. The maximum absolute atomic E-state index is 11.7. The van der Waals surface area contributed by atoms with Crippen LogP contribution < -0.4 is 5.32 Å². The quantitative estimate of drug-likeness (QED) is 0.735. The number of halogens is 3. The van der Waals surface area contributed by atoms with Gasteiger partial charge in [-0.1, -0.05) is 29.3 Å². The van der Waals surface area contributed by atoms with Gasteiger partial charge in [0.2, 0.25) is 0 Å². The van der Waals surface area contributed by atoms with Crippen LogP contribution in [0.5, 0.6) is 0 Å². The van der Waals surface area contributed by atoms with E-state index in [-0.39, 0.29) is 0 Å². The number of rotatable bonds is 4. The molecule has 0 unspecified atom stereocenters. The highest BCUT2D eigenvalue weighted by Crippen LogP contribution is 2.25. The Morgan fingerprint density at radius 2 is 2.00 bits per heavy atom. The highest BCUT2D eigenvalue weighted by atomic mass is 79.9. The van der Waals surface area contributed by atoms with Crippen LogP contribution in [0.1, 0.15) is 15.9 Å². The molecule has 0 amide bonds. The number of ether oxygens (including phenoxy) is 1. The minimum absolute atomic E-state index is 0.414. The van der Waals surface area contributed by atoms with Gasteiger partial charge in [-0.05, 0) is 51.8 Å². The summed E-state index contributed by atoms with van der Waals surface area (Å²) in [5.74, 6) is -0.414. The Kier molecular flexibility index (Phi) is 5.51. The van der Waals surface area contributed by atoms with Gasteiger partial charge in [0.1, 0.15) is 0 Å². The zero-order chi connectivity index (χ0) is 15.4. The van der Waals surface area contributed by atoms with E-state index in [1.54, 1.807) is 18.2 Å². The van der Waals surface area contributed by atoms with Crippen LogP contribution in [0.2, 0.25) is 10.0 Å². The number of carbonyl (C=O) groups is 1. The lowest BCUT2D eigenvalue weighted by Gasteiger charge is -2.12. The normalized spacial score (nSPS) is 10.3. The minimum Gasteiger partial charge on any atom is -0.465 e. The van der Waals surface area contributed by atoms with E-state index in [1.807, 2.05) is 18.2 Å². The fraction of sp³-hybridized carbons (Fsp3) is 0.133. The first-order chi connectivity index (χ1) is 10.0. The van der Waals surface area contributed by atoms with E-state index in [0.717, 1.165) is 10.0 Å². The van der Waals surface area contributed by atoms with Gasteiger partial charge in [0.05, 0.1) is 23.4 Å². The van der Waals surface area contributed by atoms with Gasteiger partial charge in [0.25, 0.3) is 0 Å². The molecule has 2 rings (SSSR count). The topological polar surface area (TPSA) is 38.3 Å². The molecule has 21 heavy (non-hydrogen) atoms. The van der Waals surface area contributed by atoms with Crippen molar-refractivity contribution in [2.24, 2.45) is 0 Å². The first kappa shape index (κ1) is 16.1. The van der Waals surface area contributed by atoms with E-state index in [2.05, 4.69) is 21.2 Å². The van der Waals surface area contributed by atoms with Crippen molar-refractivity contribution in [3.8, 4) is 0 Å². The number of hydrogen-bond acceptors (Lipinski definition) is 3. The van der Waals surface area contributed by atoms with Crippen molar-refractivity contribution in [2.45, 2.75) is 6.54 Å². The van der Waals surface area contributed by atoms with Crippen LogP contribution in [0.25, 0.3) is 0 Å². The summed E-state index contributed by atoms with van der Waals surface area (Å²) in [7, 11) is 1.34. The van der Waals surface area contributed by atoms with Gasteiger partial charge in [0.15, 0.2) is 0 Å². The highest BCUT2D eigenvalue weighted by Gasteiger charge is 2.12. The number of benzene rings is 2. The van der Waals surface area contributed by atoms with Crippen LogP contribution >= 0.6 is 39.1 Å². The van der Waals surface area contributed by atoms with Gasteiger partial charge >= 0.3 is 5.97 Å². The SMILES string of the molecule is COC(=O)c1ccc(Cl)cc1NCc1ccc(Br)c(Cl)c1. The molecule has 0 aliphatic heterocycles. The molecule has 0 spiro atoms. The van der Waals surface area contributed by atoms with Crippen molar-refractivity contribution in [1.29, 1.82) is 0 Å². The van der Waals surface area contributed by atoms with Crippen molar-refractivity contribution in [2.75, 3.05) is 12.4 Å². The first-order valence-corrected chi connectivity index (χ1v) is 7.62. The van der Waals surface area contributed by atoms with Gasteiger partial charge in [-0.2, -0.15) is 0 Å². The molecule has 3 nitrogen and oxygen atoms in total. The summed E-state index contributed by atoms with van der Waals surface area (Å²) in [4.78, 5) is 11.7. The molecule has 0 aliphatic rings. The second-order valence-corrected chi connectivity index (χ2v) is 5.98. The standard InChI is InChI=1S/C15H12BrCl2NO2/c1-21-15(20)11-4-3-10(17)7-14(11)19-8-9-2-5-12(16)13(18)6-9/h2-7,19H,8H2,1H3. The molecule has 0 atom stereocenters. The van der Waals surface area contributed by atoms with Crippen LogP contribution in [0.4, 0.5) is 5.69 Å². The van der Waals surface area contributed by atoms with Crippen LogP contribution in [-0.2, 0) is 11.3 Å². The summed E-state index contributed by atoms with van der Waals surface area (Å²) < 4.78 is 5.59. The third kappa shape index (κ3) is 4.13. The Hall–Kier alpha value is -1.23. The zero-order valence-electron chi connectivity index (χ0n) is 11.1. The van der Waals surface area contributed by atoms with E-state index >= 15 is 0 Å². The van der Waals surface area contributed by atoms with Crippen molar-refractivity contribution >= 4 is 50.8 Å². The van der Waals surface area contributed by atoms with Crippen LogP contribution in [0.15, 0.2) is 40.9 Å². The molecule has 0 saturated heterocycles. The lowest BCUT2D eigenvalue weighted by molar-refractivity contribution is 0.0602. The Morgan fingerprint density at radius 1 is 1.24 bits per heavy atom. The third-order valence-corrected chi connectivity index (χ3v) is 4.32. The highest BCUT2D eigenvalue weighted by molar-refractivity contribution is 9.10. The van der Waals surface area contributed by atoms with Crippen molar-refractivity contribution in [1.82, 2.24) is 0 Å². The summed E-state index contributed by atoms with van der Waals surface area (Å²) >= 11 is 15.4. The summed E-state index contributed by atoms with van der Waals surface area (Å²) in [6.07, 6.45) is 0. The van der Waals surface area contributed by atoms with E-state index in [4.69, 9.17) is 27.9 Å². The Labute approximate surface area is 141 Å². The van der Waals surface area contributed by atoms with Crippen molar-refractivity contribution in [3.05, 3.63) is 62.0 Å². The first-order valence-electron chi connectivity index (χ1n) is 6.07. The number of methoxy groups -OCH3 is 1. The van der Waals surface area contributed by atoms with Crippen LogP contribution in [-0.4, -0.2) is 13.1 Å². The molecule has 0 radical (unpaired) electrons. The van der Waals surface area contributed by atoms with Gasteiger partial charge in [-0.3, -0.25) is 0 Å². The summed E-state index contributed by atoms with van der Waals surface area (Å²) in [6.45, 7) is 0.511. The van der Waals surface area contributed by atoms with Crippen molar-refractivity contribution < 1.29 is 9.53 Å². The smallest absolute Gasteiger partial charge is 0.339 e. The lowest BCUT2D eigenvalue weighted by atomic mass is 10.1. The lowest BCUT2D eigenvalue weighted by Crippen LogP contribution is -2.08. The third-order valence-electron chi connectivity index (χ3n) is 2.85. The maximum atomic E-state index is 11.7. The minimum atomic E-state index is -0.414. The number of hydrogen-bond donors (Lipinski definition) is 1. The molecule has 0 saturated carbocycles. The van der Waals surface area contributed by atoms with Crippen LogP contribution in [0, 0.1) is 0 Å². The summed E-state index contributed by atoms with van der Waals surface area (Å²) in [6, 6.07) is 10.6. The molecule has 2 aromatic carbocycles. The van der Waals surface area contributed by atoms with E-state index in [1.165, 1.54) is 7.11 Å². The Balaban J connectivity index is 2.20. The molecule has 110 valence electrons. The van der Waals surface area contributed by atoms with E-state index in [9.17, 15) is 4.79 Å². The van der Waals surface area contributed by atoms with E-state index < -0.39 is 5.97 Å². The molecule has 1 N–H and O–H groups in total. The maximum Gasteiger partial charge on any atom is 0.339 e. The number of anilines is 1.